The number of hydrogen-bond donors (Lipinski definition) is 2. The highest BCUT2D eigenvalue weighted by atomic mass is 35.5. The Bertz CT molecular complexity index is 592. The summed E-state index contributed by atoms with van der Waals surface area (Å²) < 4.78 is 10.8. The Hall–Kier alpha value is -1.75. The predicted octanol–water partition coefficient (Wildman–Crippen LogP) is 3.12. The fourth-order valence-electron chi connectivity index (χ4n) is 2.37. The first-order valence-corrected chi connectivity index (χ1v) is 7.44. The van der Waals surface area contributed by atoms with E-state index in [1.165, 1.54) is 0 Å². The maximum atomic E-state index is 10.4. The van der Waals surface area contributed by atoms with E-state index in [4.69, 9.17) is 15.2 Å². The van der Waals surface area contributed by atoms with Crippen molar-refractivity contribution >= 4 is 12.4 Å². The lowest BCUT2D eigenvalue weighted by atomic mass is 9.96. The molecule has 0 saturated heterocycles. The third kappa shape index (κ3) is 5.13. The molecule has 0 fully saturated rings. The Morgan fingerprint density at radius 3 is 2.39 bits per heavy atom. The van der Waals surface area contributed by atoms with Gasteiger partial charge < -0.3 is 20.3 Å². The lowest BCUT2D eigenvalue weighted by molar-refractivity contribution is 0.145. The first-order chi connectivity index (χ1) is 10.7. The summed E-state index contributed by atoms with van der Waals surface area (Å²) in [4.78, 5) is 0. The predicted molar refractivity (Wildman–Crippen MR) is 94.5 cm³/mol. The maximum Gasteiger partial charge on any atom is 0.161 e. The summed E-state index contributed by atoms with van der Waals surface area (Å²) in [5.74, 6) is 1.31. The summed E-state index contributed by atoms with van der Waals surface area (Å²) in [7, 11) is 1.60. The van der Waals surface area contributed by atoms with Crippen molar-refractivity contribution in [3.05, 3.63) is 59.7 Å². The number of methoxy groups -OCH3 is 1. The Morgan fingerprint density at radius 1 is 1.09 bits per heavy atom. The van der Waals surface area contributed by atoms with Crippen LogP contribution in [0.5, 0.6) is 11.5 Å². The molecule has 0 aliphatic carbocycles. The highest BCUT2D eigenvalue weighted by Crippen LogP contribution is 2.31. The summed E-state index contributed by atoms with van der Waals surface area (Å²) in [6, 6.07) is 14.9. The third-order valence-corrected chi connectivity index (χ3v) is 3.57. The largest absolute Gasteiger partial charge is 0.493 e. The molecule has 0 amide bonds. The van der Waals surface area contributed by atoms with Crippen LogP contribution in [0.25, 0.3) is 0 Å². The van der Waals surface area contributed by atoms with Crippen LogP contribution in [-0.4, -0.2) is 24.9 Å². The van der Waals surface area contributed by atoms with Gasteiger partial charge in [-0.25, -0.2) is 0 Å². The zero-order valence-electron chi connectivity index (χ0n) is 13.4. The molecule has 2 rings (SSSR count). The smallest absolute Gasteiger partial charge is 0.161 e. The number of hydrogen-bond acceptors (Lipinski definition) is 4. The van der Waals surface area contributed by atoms with Gasteiger partial charge in [-0.1, -0.05) is 36.4 Å². The molecule has 0 aliphatic rings. The van der Waals surface area contributed by atoms with E-state index in [1.807, 2.05) is 55.5 Å². The summed E-state index contributed by atoms with van der Waals surface area (Å²) >= 11 is 0. The Kier molecular flexibility index (Phi) is 7.89. The second-order valence-corrected chi connectivity index (χ2v) is 5.13. The highest BCUT2D eigenvalue weighted by Gasteiger charge is 2.19. The molecule has 2 aromatic rings. The molecule has 0 radical (unpaired) electrons. The molecular formula is C18H24ClNO3. The van der Waals surface area contributed by atoms with Crippen molar-refractivity contribution in [1.29, 1.82) is 0 Å². The molecule has 0 heterocycles. The summed E-state index contributed by atoms with van der Waals surface area (Å²) in [6.07, 6.45) is -0.150. The highest BCUT2D eigenvalue weighted by molar-refractivity contribution is 5.85. The molecule has 0 aliphatic heterocycles. The van der Waals surface area contributed by atoms with Crippen molar-refractivity contribution in [2.24, 2.45) is 5.73 Å². The number of rotatable bonds is 7. The van der Waals surface area contributed by atoms with Gasteiger partial charge in [-0.15, -0.1) is 12.4 Å². The van der Waals surface area contributed by atoms with Crippen molar-refractivity contribution < 1.29 is 14.6 Å². The minimum Gasteiger partial charge on any atom is -0.493 e. The van der Waals surface area contributed by atoms with Crippen molar-refractivity contribution in [2.45, 2.75) is 25.5 Å². The van der Waals surface area contributed by atoms with Crippen LogP contribution in [0.4, 0.5) is 0 Å². The van der Waals surface area contributed by atoms with Crippen molar-refractivity contribution in [3.8, 4) is 11.5 Å². The average molecular weight is 338 g/mol. The molecule has 0 saturated carbocycles. The van der Waals surface area contributed by atoms with Gasteiger partial charge in [0.25, 0.3) is 0 Å². The molecule has 5 heteroatoms. The molecule has 0 aromatic heterocycles. The second kappa shape index (κ2) is 9.40. The van der Waals surface area contributed by atoms with E-state index in [1.54, 1.807) is 7.11 Å². The molecule has 3 N–H and O–H groups in total. The molecule has 2 aromatic carbocycles. The first kappa shape index (κ1) is 19.3. The van der Waals surface area contributed by atoms with Gasteiger partial charge in [0, 0.05) is 6.42 Å². The summed E-state index contributed by atoms with van der Waals surface area (Å²) in [5, 5.41) is 10.4. The number of aliphatic hydroxyl groups excluding tert-OH is 1. The van der Waals surface area contributed by atoms with Gasteiger partial charge in [0.2, 0.25) is 0 Å². The standard InChI is InChI=1S/C18H23NO3.ClH/c1-3-22-17-12-14(9-10-16(17)21-2)18(19)15(20)11-13-7-5-4-6-8-13;/h4-10,12,15,18,20H,3,11,19H2,1-2H3;1H/t15-,18+;/m0./s1. The Labute approximate surface area is 143 Å². The number of nitrogens with two attached hydrogens (primary N) is 1. The fourth-order valence-corrected chi connectivity index (χ4v) is 2.37. The van der Waals surface area contributed by atoms with Crippen LogP contribution in [0.2, 0.25) is 0 Å². The number of halogens is 1. The van der Waals surface area contributed by atoms with Gasteiger partial charge in [-0.05, 0) is 30.2 Å². The number of benzene rings is 2. The zero-order valence-corrected chi connectivity index (χ0v) is 14.3. The monoisotopic (exact) mass is 337 g/mol. The molecule has 4 nitrogen and oxygen atoms in total. The van der Waals surface area contributed by atoms with Crippen molar-refractivity contribution in [1.82, 2.24) is 0 Å². The van der Waals surface area contributed by atoms with E-state index >= 15 is 0 Å². The van der Waals surface area contributed by atoms with Gasteiger partial charge in [-0.2, -0.15) is 0 Å². The number of aliphatic hydroxyl groups is 1. The Balaban J connectivity index is 0.00000264. The van der Waals surface area contributed by atoms with Crippen molar-refractivity contribution in [2.75, 3.05) is 13.7 Å². The van der Waals surface area contributed by atoms with Crippen LogP contribution in [0, 0.1) is 0 Å². The van der Waals surface area contributed by atoms with E-state index < -0.39 is 12.1 Å². The molecule has 0 bridgehead atoms. The lowest BCUT2D eigenvalue weighted by Gasteiger charge is -2.20. The molecule has 0 unspecified atom stereocenters. The molecule has 126 valence electrons. The molecular weight excluding hydrogens is 314 g/mol. The van der Waals surface area contributed by atoms with Gasteiger partial charge in [-0.3, -0.25) is 0 Å². The minimum absolute atomic E-state index is 0. The quantitative estimate of drug-likeness (QED) is 0.814. The van der Waals surface area contributed by atoms with Crippen molar-refractivity contribution in [3.63, 3.8) is 0 Å². The first-order valence-electron chi connectivity index (χ1n) is 7.44. The summed E-state index contributed by atoms with van der Waals surface area (Å²) in [5.41, 5.74) is 8.08. The minimum atomic E-state index is -0.662. The summed E-state index contributed by atoms with van der Waals surface area (Å²) in [6.45, 7) is 2.46. The topological polar surface area (TPSA) is 64.7 Å². The van der Waals surface area contributed by atoms with E-state index in [0.717, 1.165) is 11.1 Å². The van der Waals surface area contributed by atoms with Crippen LogP contribution in [0.1, 0.15) is 24.1 Å². The van der Waals surface area contributed by atoms with Crippen LogP contribution in [0.15, 0.2) is 48.5 Å². The number of ether oxygens (including phenoxy) is 2. The van der Waals surface area contributed by atoms with E-state index in [-0.39, 0.29) is 12.4 Å². The molecule has 23 heavy (non-hydrogen) atoms. The average Bonchev–Trinajstić information content (AvgIpc) is 2.55. The third-order valence-electron chi connectivity index (χ3n) is 3.57. The van der Waals surface area contributed by atoms with Gasteiger partial charge in [0.05, 0.1) is 25.9 Å². The van der Waals surface area contributed by atoms with Crippen LogP contribution < -0.4 is 15.2 Å². The zero-order chi connectivity index (χ0) is 15.9. The normalized spacial score (nSPS) is 12.9. The van der Waals surface area contributed by atoms with Gasteiger partial charge in [0.1, 0.15) is 0 Å². The van der Waals surface area contributed by atoms with E-state index in [0.29, 0.717) is 24.5 Å². The molecule has 0 spiro atoms. The fraction of sp³-hybridized carbons (Fsp3) is 0.333. The molecule has 2 atom stereocenters. The second-order valence-electron chi connectivity index (χ2n) is 5.13. The van der Waals surface area contributed by atoms with Gasteiger partial charge in [0.15, 0.2) is 11.5 Å². The van der Waals surface area contributed by atoms with Crippen LogP contribution >= 0.6 is 12.4 Å². The van der Waals surface area contributed by atoms with E-state index in [2.05, 4.69) is 0 Å². The SMILES string of the molecule is CCOc1cc([C@@H](N)[C@@H](O)Cc2ccccc2)ccc1OC.Cl. The van der Waals surface area contributed by atoms with Crippen LogP contribution in [-0.2, 0) is 6.42 Å². The Morgan fingerprint density at radius 2 is 1.78 bits per heavy atom. The van der Waals surface area contributed by atoms with E-state index in [9.17, 15) is 5.11 Å². The maximum absolute atomic E-state index is 10.4. The lowest BCUT2D eigenvalue weighted by Crippen LogP contribution is -2.28. The van der Waals surface area contributed by atoms with Crippen LogP contribution in [0.3, 0.4) is 0 Å². The van der Waals surface area contributed by atoms with Gasteiger partial charge >= 0.3 is 0 Å².